The fourth-order valence-corrected chi connectivity index (χ4v) is 1.32. The lowest BCUT2D eigenvalue weighted by atomic mass is 10.1. The van der Waals surface area contributed by atoms with Crippen LogP contribution in [-0.4, -0.2) is 19.6 Å². The van der Waals surface area contributed by atoms with Crippen molar-refractivity contribution in [2.24, 2.45) is 0 Å². The number of methoxy groups -OCH3 is 1. The first-order chi connectivity index (χ1) is 7.79. The van der Waals surface area contributed by atoms with Gasteiger partial charge in [0.15, 0.2) is 0 Å². The van der Waals surface area contributed by atoms with E-state index in [9.17, 15) is 4.79 Å². The first-order valence-corrected chi connectivity index (χ1v) is 5.07. The average molecular weight is 218 g/mol. The summed E-state index contributed by atoms with van der Waals surface area (Å²) in [5.74, 6) is -0.358. The standard InChI is InChI=1S/C12H14N2O2/c1-16-12(15)10-6-2-3-7-11(10)14-9-5-4-8-13/h2-3,6-7,14H,4-5,9H2,1H3. The Morgan fingerprint density at radius 3 is 2.94 bits per heavy atom. The molecule has 1 aromatic carbocycles. The summed E-state index contributed by atoms with van der Waals surface area (Å²) in [5.41, 5.74) is 1.26. The number of rotatable bonds is 5. The largest absolute Gasteiger partial charge is 0.465 e. The van der Waals surface area contributed by atoms with Gasteiger partial charge in [-0.05, 0) is 18.6 Å². The van der Waals surface area contributed by atoms with Crippen LogP contribution in [0, 0.1) is 11.3 Å². The quantitative estimate of drug-likeness (QED) is 0.607. The molecular weight excluding hydrogens is 204 g/mol. The summed E-state index contributed by atoms with van der Waals surface area (Å²) >= 11 is 0. The number of para-hydroxylation sites is 1. The van der Waals surface area contributed by atoms with E-state index >= 15 is 0 Å². The minimum absolute atomic E-state index is 0.358. The van der Waals surface area contributed by atoms with Crippen LogP contribution < -0.4 is 5.32 Å². The fraction of sp³-hybridized carbons (Fsp3) is 0.333. The number of benzene rings is 1. The van der Waals surface area contributed by atoms with E-state index in [1.165, 1.54) is 7.11 Å². The van der Waals surface area contributed by atoms with Gasteiger partial charge in [-0.15, -0.1) is 0 Å². The Balaban J connectivity index is 2.65. The van der Waals surface area contributed by atoms with Gasteiger partial charge in [0.25, 0.3) is 0 Å². The number of carbonyl (C=O) groups excluding carboxylic acids is 1. The van der Waals surface area contributed by atoms with Crippen LogP contribution in [0.15, 0.2) is 24.3 Å². The van der Waals surface area contributed by atoms with Crippen LogP contribution in [-0.2, 0) is 4.74 Å². The summed E-state index contributed by atoms with van der Waals surface area (Å²) in [7, 11) is 1.36. The van der Waals surface area contributed by atoms with Crippen LogP contribution in [0.4, 0.5) is 5.69 Å². The molecule has 0 bridgehead atoms. The van der Waals surface area contributed by atoms with Crippen molar-refractivity contribution in [3.05, 3.63) is 29.8 Å². The second kappa shape index (κ2) is 6.46. The van der Waals surface area contributed by atoms with Crippen molar-refractivity contribution in [2.45, 2.75) is 12.8 Å². The third-order valence-electron chi connectivity index (χ3n) is 2.11. The lowest BCUT2D eigenvalue weighted by Crippen LogP contribution is -2.08. The highest BCUT2D eigenvalue weighted by Crippen LogP contribution is 2.15. The third kappa shape index (κ3) is 3.28. The van der Waals surface area contributed by atoms with E-state index in [0.29, 0.717) is 18.5 Å². The Bertz CT molecular complexity index is 396. The minimum atomic E-state index is -0.358. The highest BCUT2D eigenvalue weighted by Gasteiger charge is 2.09. The predicted molar refractivity (Wildman–Crippen MR) is 61.1 cm³/mol. The zero-order valence-electron chi connectivity index (χ0n) is 9.19. The van der Waals surface area contributed by atoms with Gasteiger partial charge < -0.3 is 10.1 Å². The second-order valence-electron chi connectivity index (χ2n) is 3.23. The topological polar surface area (TPSA) is 62.1 Å². The second-order valence-corrected chi connectivity index (χ2v) is 3.23. The van der Waals surface area contributed by atoms with E-state index in [0.717, 1.165) is 12.1 Å². The molecule has 0 radical (unpaired) electrons. The van der Waals surface area contributed by atoms with Gasteiger partial charge in [0, 0.05) is 18.7 Å². The zero-order valence-corrected chi connectivity index (χ0v) is 9.19. The third-order valence-corrected chi connectivity index (χ3v) is 2.11. The number of anilines is 1. The Kier molecular flexibility index (Phi) is 4.87. The molecule has 0 fully saturated rings. The van der Waals surface area contributed by atoms with Crippen LogP contribution >= 0.6 is 0 Å². The number of hydrogen-bond acceptors (Lipinski definition) is 4. The van der Waals surface area contributed by atoms with Crippen molar-refractivity contribution < 1.29 is 9.53 Å². The smallest absolute Gasteiger partial charge is 0.339 e. The van der Waals surface area contributed by atoms with Crippen LogP contribution in [0.2, 0.25) is 0 Å². The predicted octanol–water partition coefficient (Wildman–Crippen LogP) is 2.19. The molecule has 0 aliphatic carbocycles. The highest BCUT2D eigenvalue weighted by molar-refractivity contribution is 5.95. The lowest BCUT2D eigenvalue weighted by molar-refractivity contribution is 0.0602. The molecule has 1 N–H and O–H groups in total. The SMILES string of the molecule is COC(=O)c1ccccc1NCCCC#N. The van der Waals surface area contributed by atoms with Crippen molar-refractivity contribution in [1.82, 2.24) is 0 Å². The van der Waals surface area contributed by atoms with Crippen molar-refractivity contribution in [3.8, 4) is 6.07 Å². The molecule has 0 unspecified atom stereocenters. The highest BCUT2D eigenvalue weighted by atomic mass is 16.5. The van der Waals surface area contributed by atoms with Gasteiger partial charge in [0.1, 0.15) is 0 Å². The summed E-state index contributed by atoms with van der Waals surface area (Å²) in [5, 5.41) is 11.5. The van der Waals surface area contributed by atoms with Gasteiger partial charge in [-0.25, -0.2) is 4.79 Å². The number of hydrogen-bond donors (Lipinski definition) is 1. The summed E-state index contributed by atoms with van der Waals surface area (Å²) in [4.78, 5) is 11.4. The van der Waals surface area contributed by atoms with E-state index in [4.69, 9.17) is 5.26 Å². The monoisotopic (exact) mass is 218 g/mol. The molecule has 0 saturated heterocycles. The van der Waals surface area contributed by atoms with Gasteiger partial charge in [0.2, 0.25) is 0 Å². The number of carbonyl (C=O) groups is 1. The van der Waals surface area contributed by atoms with E-state index in [-0.39, 0.29) is 5.97 Å². The van der Waals surface area contributed by atoms with Gasteiger partial charge in [-0.2, -0.15) is 5.26 Å². The molecule has 0 atom stereocenters. The van der Waals surface area contributed by atoms with Crippen LogP contribution in [0.1, 0.15) is 23.2 Å². The number of ether oxygens (including phenoxy) is 1. The average Bonchev–Trinajstić information content (AvgIpc) is 2.34. The summed E-state index contributed by atoms with van der Waals surface area (Å²) < 4.78 is 4.67. The molecular formula is C12H14N2O2. The fourth-order valence-electron chi connectivity index (χ4n) is 1.32. The van der Waals surface area contributed by atoms with E-state index in [1.807, 2.05) is 12.1 Å². The summed E-state index contributed by atoms with van der Waals surface area (Å²) in [6, 6.07) is 9.23. The molecule has 1 rings (SSSR count). The molecule has 1 aromatic rings. The van der Waals surface area contributed by atoms with E-state index in [2.05, 4.69) is 16.1 Å². The number of nitrogens with one attached hydrogen (secondary N) is 1. The summed E-state index contributed by atoms with van der Waals surface area (Å²) in [6.45, 7) is 0.668. The molecule has 0 aliphatic heterocycles. The lowest BCUT2D eigenvalue weighted by Gasteiger charge is -2.09. The molecule has 0 aromatic heterocycles. The normalized spacial score (nSPS) is 9.25. The molecule has 0 amide bonds. The van der Waals surface area contributed by atoms with Crippen LogP contribution in [0.25, 0.3) is 0 Å². The molecule has 4 heteroatoms. The number of unbranched alkanes of at least 4 members (excludes halogenated alkanes) is 1. The van der Waals surface area contributed by atoms with E-state index < -0.39 is 0 Å². The summed E-state index contributed by atoms with van der Waals surface area (Å²) in [6.07, 6.45) is 1.26. The van der Waals surface area contributed by atoms with Gasteiger partial charge in [-0.1, -0.05) is 12.1 Å². The first-order valence-electron chi connectivity index (χ1n) is 5.07. The number of nitrogens with zero attached hydrogens (tertiary/aromatic N) is 1. The minimum Gasteiger partial charge on any atom is -0.465 e. The van der Waals surface area contributed by atoms with Crippen molar-refractivity contribution >= 4 is 11.7 Å². The molecule has 0 saturated carbocycles. The molecule has 0 heterocycles. The van der Waals surface area contributed by atoms with Gasteiger partial charge in [-0.3, -0.25) is 0 Å². The first kappa shape index (κ1) is 12.1. The molecule has 0 aliphatic rings. The number of nitriles is 1. The zero-order chi connectivity index (χ0) is 11.8. The Hall–Kier alpha value is -2.02. The molecule has 84 valence electrons. The van der Waals surface area contributed by atoms with Crippen molar-refractivity contribution in [2.75, 3.05) is 19.0 Å². The van der Waals surface area contributed by atoms with Crippen molar-refractivity contribution in [3.63, 3.8) is 0 Å². The molecule has 0 spiro atoms. The maximum atomic E-state index is 11.4. The maximum absolute atomic E-state index is 11.4. The Labute approximate surface area is 94.8 Å². The van der Waals surface area contributed by atoms with Crippen LogP contribution in [0.5, 0.6) is 0 Å². The molecule has 16 heavy (non-hydrogen) atoms. The van der Waals surface area contributed by atoms with Crippen LogP contribution in [0.3, 0.4) is 0 Å². The Morgan fingerprint density at radius 1 is 1.50 bits per heavy atom. The molecule has 4 nitrogen and oxygen atoms in total. The van der Waals surface area contributed by atoms with Gasteiger partial charge >= 0.3 is 5.97 Å². The van der Waals surface area contributed by atoms with Gasteiger partial charge in [0.05, 0.1) is 18.7 Å². The van der Waals surface area contributed by atoms with Crippen molar-refractivity contribution in [1.29, 1.82) is 5.26 Å². The number of esters is 1. The maximum Gasteiger partial charge on any atom is 0.339 e. The Morgan fingerprint density at radius 2 is 2.25 bits per heavy atom. The van der Waals surface area contributed by atoms with E-state index in [1.54, 1.807) is 12.1 Å².